The molecule has 2 N–H and O–H groups in total. The van der Waals surface area contributed by atoms with Gasteiger partial charge in [0.2, 0.25) is 0 Å². The third-order valence-corrected chi connectivity index (χ3v) is 2.16. The first kappa shape index (κ1) is 14.7. The average molecular weight is 266 g/mol. The number of phenols is 1. The second-order valence-corrected chi connectivity index (χ2v) is 3.59. The molecule has 0 spiro atoms. The zero-order chi connectivity index (χ0) is 14.3. The summed E-state index contributed by atoms with van der Waals surface area (Å²) >= 11 is 0. The molecular weight excluding hydrogens is 252 g/mol. The van der Waals surface area contributed by atoms with Crippen molar-refractivity contribution in [3.05, 3.63) is 35.9 Å². The highest BCUT2D eigenvalue weighted by atomic mass is 16.6. The lowest BCUT2D eigenvalue weighted by Gasteiger charge is -2.07. The molecule has 1 atom stereocenters. The van der Waals surface area contributed by atoms with Gasteiger partial charge in [-0.2, -0.15) is 0 Å². The Balaban J connectivity index is 2.43. The van der Waals surface area contributed by atoms with Crippen molar-refractivity contribution in [1.29, 1.82) is 0 Å². The molecule has 1 aromatic rings. The van der Waals surface area contributed by atoms with Crippen LogP contribution in [0.2, 0.25) is 0 Å². The van der Waals surface area contributed by atoms with E-state index in [9.17, 15) is 14.7 Å². The van der Waals surface area contributed by atoms with Crippen LogP contribution in [0.4, 0.5) is 0 Å². The zero-order valence-electron chi connectivity index (χ0n) is 10.3. The normalized spacial score (nSPS) is 12.1. The summed E-state index contributed by atoms with van der Waals surface area (Å²) in [5.41, 5.74) is 0.697. The molecule has 0 heterocycles. The van der Waals surface area contributed by atoms with E-state index in [1.165, 1.54) is 18.2 Å². The van der Waals surface area contributed by atoms with Crippen LogP contribution in [-0.4, -0.2) is 42.0 Å². The summed E-state index contributed by atoms with van der Waals surface area (Å²) in [5.74, 6) is -1.44. The Labute approximate surface area is 109 Å². The quantitative estimate of drug-likeness (QED) is 0.595. The molecule has 0 saturated heterocycles. The number of carbonyl (C=O) groups is 2. The smallest absolute Gasteiger partial charge is 0.338 e. The third kappa shape index (κ3) is 5.22. The van der Waals surface area contributed by atoms with Crippen LogP contribution in [0.3, 0.4) is 0 Å². The summed E-state index contributed by atoms with van der Waals surface area (Å²) in [6.07, 6.45) is 1.14. The van der Waals surface area contributed by atoms with Gasteiger partial charge in [0.15, 0.2) is 6.10 Å². The molecule has 1 rings (SSSR count). The molecule has 0 radical (unpaired) electrons. The SMILES string of the molecule is COC(=O)C(O)COC(=O)C=Cc1ccc(O)cc1. The number of aromatic hydroxyl groups is 1. The van der Waals surface area contributed by atoms with Gasteiger partial charge in [-0.1, -0.05) is 12.1 Å². The standard InChI is InChI=1S/C13H14O6/c1-18-13(17)11(15)8-19-12(16)7-4-9-2-5-10(14)6-3-9/h2-7,11,14-15H,8H2,1H3. The zero-order valence-corrected chi connectivity index (χ0v) is 10.3. The predicted octanol–water partition coefficient (Wildman–Crippen LogP) is 0.482. The van der Waals surface area contributed by atoms with Gasteiger partial charge in [0, 0.05) is 6.08 Å². The number of aliphatic hydroxyl groups excluding tert-OH is 1. The number of aliphatic hydroxyl groups is 1. The summed E-state index contributed by atoms with van der Waals surface area (Å²) in [4.78, 5) is 22.1. The van der Waals surface area contributed by atoms with Crippen LogP contribution in [-0.2, 0) is 19.1 Å². The maximum Gasteiger partial charge on any atom is 0.338 e. The molecule has 0 amide bonds. The highest BCUT2D eigenvalue weighted by molar-refractivity contribution is 5.87. The molecule has 0 aromatic heterocycles. The van der Waals surface area contributed by atoms with Crippen LogP contribution in [0, 0.1) is 0 Å². The molecular formula is C13H14O6. The van der Waals surface area contributed by atoms with E-state index in [0.717, 1.165) is 13.2 Å². The van der Waals surface area contributed by atoms with Gasteiger partial charge in [-0.3, -0.25) is 0 Å². The van der Waals surface area contributed by atoms with E-state index in [-0.39, 0.29) is 5.75 Å². The summed E-state index contributed by atoms with van der Waals surface area (Å²) < 4.78 is 8.91. The van der Waals surface area contributed by atoms with Crippen molar-refractivity contribution in [3.8, 4) is 5.75 Å². The summed E-state index contributed by atoms with van der Waals surface area (Å²) in [6.45, 7) is -0.467. The van der Waals surface area contributed by atoms with Crippen LogP contribution < -0.4 is 0 Å². The number of hydrogen-bond donors (Lipinski definition) is 2. The average Bonchev–Trinajstić information content (AvgIpc) is 2.43. The predicted molar refractivity (Wildman–Crippen MR) is 66.1 cm³/mol. The van der Waals surface area contributed by atoms with Gasteiger partial charge < -0.3 is 19.7 Å². The van der Waals surface area contributed by atoms with E-state index in [0.29, 0.717) is 5.56 Å². The van der Waals surface area contributed by atoms with Gasteiger partial charge in [-0.15, -0.1) is 0 Å². The lowest BCUT2D eigenvalue weighted by atomic mass is 10.2. The van der Waals surface area contributed by atoms with Crippen molar-refractivity contribution in [2.75, 3.05) is 13.7 Å². The van der Waals surface area contributed by atoms with Gasteiger partial charge >= 0.3 is 11.9 Å². The second kappa shape index (κ2) is 7.17. The molecule has 0 bridgehead atoms. The van der Waals surface area contributed by atoms with Crippen LogP contribution in [0.25, 0.3) is 6.08 Å². The summed E-state index contributed by atoms with van der Waals surface area (Å²) in [5, 5.41) is 18.2. The van der Waals surface area contributed by atoms with Gasteiger partial charge in [0.1, 0.15) is 12.4 Å². The Kier molecular flexibility index (Phi) is 5.56. The number of phenolic OH excluding ortho intramolecular Hbond substituents is 1. The molecule has 0 aliphatic carbocycles. The first-order valence-electron chi connectivity index (χ1n) is 5.42. The van der Waals surface area contributed by atoms with Crippen molar-refractivity contribution < 1.29 is 29.3 Å². The van der Waals surface area contributed by atoms with E-state index in [2.05, 4.69) is 9.47 Å². The summed E-state index contributed by atoms with van der Waals surface area (Å²) in [7, 11) is 1.12. The lowest BCUT2D eigenvalue weighted by molar-refractivity contribution is -0.156. The van der Waals surface area contributed by atoms with Crippen molar-refractivity contribution in [2.24, 2.45) is 0 Å². The molecule has 6 nitrogen and oxygen atoms in total. The van der Waals surface area contributed by atoms with E-state index >= 15 is 0 Å². The Hall–Kier alpha value is -2.34. The molecule has 0 aliphatic rings. The number of hydrogen-bond acceptors (Lipinski definition) is 6. The minimum absolute atomic E-state index is 0.126. The molecule has 0 fully saturated rings. The van der Waals surface area contributed by atoms with E-state index in [1.807, 2.05) is 0 Å². The molecule has 0 saturated carbocycles. The highest BCUT2D eigenvalue weighted by Gasteiger charge is 2.16. The Morgan fingerprint density at radius 3 is 2.53 bits per heavy atom. The van der Waals surface area contributed by atoms with Gasteiger partial charge in [0.05, 0.1) is 7.11 Å². The largest absolute Gasteiger partial charge is 0.508 e. The fourth-order valence-electron chi connectivity index (χ4n) is 1.16. The molecule has 0 aliphatic heterocycles. The first-order chi connectivity index (χ1) is 9.02. The minimum Gasteiger partial charge on any atom is -0.508 e. The van der Waals surface area contributed by atoms with E-state index in [1.54, 1.807) is 12.1 Å². The molecule has 102 valence electrons. The number of esters is 2. The number of methoxy groups -OCH3 is 1. The van der Waals surface area contributed by atoms with Crippen molar-refractivity contribution >= 4 is 18.0 Å². The summed E-state index contributed by atoms with van der Waals surface area (Å²) in [6, 6.07) is 6.18. The minimum atomic E-state index is -1.49. The van der Waals surface area contributed by atoms with Gasteiger partial charge in [-0.05, 0) is 23.8 Å². The van der Waals surface area contributed by atoms with Crippen LogP contribution in [0.1, 0.15) is 5.56 Å². The maximum atomic E-state index is 11.3. The number of rotatable bonds is 5. The Morgan fingerprint density at radius 1 is 1.32 bits per heavy atom. The maximum absolute atomic E-state index is 11.3. The Morgan fingerprint density at radius 2 is 1.95 bits per heavy atom. The van der Waals surface area contributed by atoms with E-state index in [4.69, 9.17) is 5.11 Å². The van der Waals surface area contributed by atoms with Crippen molar-refractivity contribution in [3.63, 3.8) is 0 Å². The monoisotopic (exact) mass is 266 g/mol. The Bertz CT molecular complexity index is 463. The number of benzene rings is 1. The van der Waals surface area contributed by atoms with Gasteiger partial charge in [-0.25, -0.2) is 9.59 Å². The molecule has 19 heavy (non-hydrogen) atoms. The van der Waals surface area contributed by atoms with Crippen LogP contribution >= 0.6 is 0 Å². The topological polar surface area (TPSA) is 93.1 Å². The fraction of sp³-hybridized carbons (Fsp3) is 0.231. The molecule has 6 heteroatoms. The first-order valence-corrected chi connectivity index (χ1v) is 5.42. The number of carbonyl (C=O) groups excluding carboxylic acids is 2. The van der Waals surface area contributed by atoms with Crippen molar-refractivity contribution in [2.45, 2.75) is 6.10 Å². The number of ether oxygens (including phenoxy) is 2. The highest BCUT2D eigenvalue weighted by Crippen LogP contribution is 2.10. The third-order valence-electron chi connectivity index (χ3n) is 2.16. The fourth-order valence-corrected chi connectivity index (χ4v) is 1.16. The van der Waals surface area contributed by atoms with Crippen LogP contribution in [0.15, 0.2) is 30.3 Å². The second-order valence-electron chi connectivity index (χ2n) is 3.59. The molecule has 1 unspecified atom stereocenters. The lowest BCUT2D eigenvalue weighted by Crippen LogP contribution is -2.28. The van der Waals surface area contributed by atoms with Gasteiger partial charge in [0.25, 0.3) is 0 Å². The van der Waals surface area contributed by atoms with E-state index < -0.39 is 24.6 Å². The van der Waals surface area contributed by atoms with Crippen LogP contribution in [0.5, 0.6) is 5.75 Å². The molecule has 1 aromatic carbocycles. The van der Waals surface area contributed by atoms with Crippen molar-refractivity contribution in [1.82, 2.24) is 0 Å².